The second-order valence-corrected chi connectivity index (χ2v) is 9.62. The minimum atomic E-state index is -1.14. The number of rotatable bonds is 9. The first-order valence-electron chi connectivity index (χ1n) is 12.3. The number of esters is 1. The summed E-state index contributed by atoms with van der Waals surface area (Å²) in [5.41, 5.74) is 1.33. The molecule has 40 heavy (non-hydrogen) atoms. The average molecular weight is 591 g/mol. The molecule has 0 radical (unpaired) electrons. The summed E-state index contributed by atoms with van der Waals surface area (Å²) in [6.45, 7) is 9.67. The zero-order valence-electron chi connectivity index (χ0n) is 22.4. The molecule has 2 aromatic carbocycles. The number of carbonyl (C=O) groups is 2. The fraction of sp³-hybridized carbons (Fsp3) is 0.286. The molecule has 0 unspecified atom stereocenters. The molecule has 0 amide bonds. The van der Waals surface area contributed by atoms with Gasteiger partial charge in [-0.1, -0.05) is 33.5 Å². The van der Waals surface area contributed by atoms with Crippen molar-refractivity contribution in [3.05, 3.63) is 70.0 Å². The van der Waals surface area contributed by atoms with Gasteiger partial charge in [-0.3, -0.25) is 0 Å². The van der Waals surface area contributed by atoms with E-state index in [4.69, 9.17) is 51.6 Å². The highest BCUT2D eigenvalue weighted by atomic mass is 35.5. The number of halogens is 2. The van der Waals surface area contributed by atoms with Crippen molar-refractivity contribution in [2.45, 2.75) is 46.8 Å². The van der Waals surface area contributed by atoms with Crippen LogP contribution in [0.1, 0.15) is 55.6 Å². The Morgan fingerprint density at radius 2 is 1.25 bits per heavy atom. The van der Waals surface area contributed by atoms with E-state index in [9.17, 15) is 9.59 Å². The van der Waals surface area contributed by atoms with Gasteiger partial charge in [0.1, 0.15) is 11.5 Å². The summed E-state index contributed by atoms with van der Waals surface area (Å²) >= 11 is 12.3. The van der Waals surface area contributed by atoms with Crippen LogP contribution in [0.25, 0.3) is 22.6 Å². The highest BCUT2D eigenvalue weighted by Gasteiger charge is 2.16. The van der Waals surface area contributed by atoms with E-state index in [1.165, 1.54) is 12.1 Å². The first-order chi connectivity index (χ1) is 19.0. The predicted molar refractivity (Wildman–Crippen MR) is 148 cm³/mol. The van der Waals surface area contributed by atoms with E-state index in [1.54, 1.807) is 43.3 Å². The van der Waals surface area contributed by atoms with Gasteiger partial charge in [-0.25, -0.2) is 9.59 Å². The van der Waals surface area contributed by atoms with Gasteiger partial charge in [0.2, 0.25) is 0 Å². The summed E-state index contributed by atoms with van der Waals surface area (Å²) < 4.78 is 26.0. The third-order valence-electron chi connectivity index (χ3n) is 4.88. The lowest BCUT2D eigenvalue weighted by Gasteiger charge is -2.11. The zero-order chi connectivity index (χ0) is 29.4. The Kier molecular flexibility index (Phi) is 10.6. The van der Waals surface area contributed by atoms with Crippen LogP contribution in [0.5, 0.6) is 11.5 Å². The van der Waals surface area contributed by atoms with E-state index < -0.39 is 11.9 Å². The monoisotopic (exact) mass is 590 g/mol. The van der Waals surface area contributed by atoms with Crippen molar-refractivity contribution < 1.29 is 38.0 Å². The quantitative estimate of drug-likeness (QED) is 0.196. The van der Waals surface area contributed by atoms with Gasteiger partial charge in [0.15, 0.2) is 22.9 Å². The lowest BCUT2D eigenvalue weighted by molar-refractivity contribution is 0.0514. The van der Waals surface area contributed by atoms with Crippen LogP contribution >= 0.6 is 23.2 Å². The molecule has 10 nitrogen and oxygen atoms in total. The summed E-state index contributed by atoms with van der Waals surface area (Å²) in [7, 11) is 0. The molecule has 0 saturated heterocycles. The zero-order valence-corrected chi connectivity index (χ0v) is 23.9. The summed E-state index contributed by atoms with van der Waals surface area (Å²) in [5.74, 6) is 0.296. The Morgan fingerprint density at radius 3 is 1.62 bits per heavy atom. The third-order valence-corrected chi connectivity index (χ3v) is 5.47. The molecule has 0 aliphatic carbocycles. The SMILES string of the molecule is CC(C)Oc1ccc(-c2cc(C(=O)O)no2)cc1Cl.CCOC(=O)c1cc(-c2ccc(OC(C)C)c(Cl)c2)on1. The van der Waals surface area contributed by atoms with Crippen molar-refractivity contribution in [1.29, 1.82) is 0 Å². The average Bonchev–Trinajstić information content (AvgIpc) is 3.57. The van der Waals surface area contributed by atoms with Crippen molar-refractivity contribution in [2.75, 3.05) is 6.61 Å². The van der Waals surface area contributed by atoms with Gasteiger partial charge < -0.3 is 28.4 Å². The molecule has 4 rings (SSSR count). The van der Waals surface area contributed by atoms with Crippen molar-refractivity contribution in [3.63, 3.8) is 0 Å². The van der Waals surface area contributed by atoms with Gasteiger partial charge in [-0.2, -0.15) is 0 Å². The molecular weight excluding hydrogens is 563 g/mol. The molecular formula is C28H28Cl2N2O8. The van der Waals surface area contributed by atoms with Crippen molar-refractivity contribution in [2.24, 2.45) is 0 Å². The van der Waals surface area contributed by atoms with Crippen molar-refractivity contribution in [1.82, 2.24) is 10.3 Å². The van der Waals surface area contributed by atoms with E-state index in [2.05, 4.69) is 10.3 Å². The van der Waals surface area contributed by atoms with E-state index >= 15 is 0 Å². The minimum Gasteiger partial charge on any atom is -0.489 e. The van der Waals surface area contributed by atoms with Crippen LogP contribution in [0, 0.1) is 0 Å². The molecule has 0 saturated carbocycles. The van der Waals surface area contributed by atoms with Crippen LogP contribution in [0.2, 0.25) is 10.0 Å². The van der Waals surface area contributed by atoms with Crippen LogP contribution in [0.15, 0.2) is 57.6 Å². The minimum absolute atomic E-state index is 0.0206. The molecule has 2 aromatic heterocycles. The lowest BCUT2D eigenvalue weighted by Crippen LogP contribution is -2.05. The first kappa shape index (κ1) is 30.5. The number of hydrogen-bond donors (Lipinski definition) is 1. The Hall–Kier alpha value is -4.02. The van der Waals surface area contributed by atoms with Crippen molar-refractivity contribution in [3.8, 4) is 34.1 Å². The van der Waals surface area contributed by atoms with Gasteiger partial charge in [0.05, 0.1) is 28.9 Å². The number of hydrogen-bond acceptors (Lipinski definition) is 9. The molecule has 12 heteroatoms. The van der Waals surface area contributed by atoms with E-state index in [-0.39, 0.29) is 30.2 Å². The largest absolute Gasteiger partial charge is 0.489 e. The second kappa shape index (κ2) is 13.9. The highest BCUT2D eigenvalue weighted by Crippen LogP contribution is 2.32. The van der Waals surface area contributed by atoms with Crippen LogP contribution in [0.4, 0.5) is 0 Å². The van der Waals surface area contributed by atoms with E-state index in [0.717, 1.165) is 0 Å². The Balaban J connectivity index is 0.000000222. The summed E-state index contributed by atoms with van der Waals surface area (Å²) in [6.07, 6.45) is 0.0567. The highest BCUT2D eigenvalue weighted by molar-refractivity contribution is 6.32. The van der Waals surface area contributed by atoms with Gasteiger partial charge in [0.25, 0.3) is 0 Å². The summed E-state index contributed by atoms with van der Waals surface area (Å²) in [5, 5.41) is 16.8. The molecule has 4 aromatic rings. The fourth-order valence-electron chi connectivity index (χ4n) is 3.23. The number of carboxylic acids is 1. The third kappa shape index (κ3) is 8.24. The molecule has 212 valence electrons. The number of carbonyl (C=O) groups excluding carboxylic acids is 1. The number of carboxylic acid groups (broad SMARTS) is 1. The van der Waals surface area contributed by atoms with E-state index in [1.807, 2.05) is 27.7 Å². The molecule has 0 spiro atoms. The number of benzene rings is 2. The fourth-order valence-corrected chi connectivity index (χ4v) is 3.68. The standard InChI is InChI=1S/C15H16ClNO4.C13H12ClNO4/c1-4-19-15(18)12-8-14(21-17-12)10-5-6-13(11(16)7-10)20-9(2)3;1-7(2)18-11-4-3-8(5-9(11)14)12-6-10(13(16)17)15-19-12/h5-9H,4H2,1-3H3;3-7H,1-2H3,(H,16,17). The molecule has 0 aliphatic rings. The Labute approximate surface area is 240 Å². The maximum atomic E-state index is 11.5. The number of ether oxygens (including phenoxy) is 3. The summed E-state index contributed by atoms with van der Waals surface area (Å²) in [4.78, 5) is 22.3. The van der Waals surface area contributed by atoms with Gasteiger partial charge >= 0.3 is 11.9 Å². The number of aromatic carboxylic acids is 1. The van der Waals surface area contributed by atoms with Crippen LogP contribution in [-0.2, 0) is 4.74 Å². The number of aromatic nitrogens is 2. The van der Waals surface area contributed by atoms with E-state index in [0.29, 0.717) is 44.2 Å². The van der Waals surface area contributed by atoms with Crippen LogP contribution in [-0.4, -0.2) is 46.2 Å². The van der Waals surface area contributed by atoms with Gasteiger partial charge in [-0.05, 0) is 71.0 Å². The predicted octanol–water partition coefficient (Wildman–Crippen LogP) is 7.44. The summed E-state index contributed by atoms with van der Waals surface area (Å²) in [6, 6.07) is 13.2. The molecule has 0 atom stereocenters. The van der Waals surface area contributed by atoms with Gasteiger partial charge in [-0.15, -0.1) is 0 Å². The molecule has 0 aliphatic heterocycles. The lowest BCUT2D eigenvalue weighted by atomic mass is 10.1. The normalized spacial score (nSPS) is 10.7. The van der Waals surface area contributed by atoms with Crippen LogP contribution in [0.3, 0.4) is 0 Å². The molecule has 2 heterocycles. The second-order valence-electron chi connectivity index (χ2n) is 8.80. The first-order valence-corrected chi connectivity index (χ1v) is 13.0. The van der Waals surface area contributed by atoms with Crippen molar-refractivity contribution >= 4 is 35.1 Å². The smallest absolute Gasteiger partial charge is 0.360 e. The Morgan fingerprint density at radius 1 is 0.800 bits per heavy atom. The topological polar surface area (TPSA) is 134 Å². The van der Waals surface area contributed by atoms with Crippen LogP contribution < -0.4 is 9.47 Å². The van der Waals surface area contributed by atoms with Gasteiger partial charge in [0, 0.05) is 23.3 Å². The molecule has 0 bridgehead atoms. The number of nitrogens with zero attached hydrogens (tertiary/aromatic N) is 2. The molecule has 0 fully saturated rings. The molecule has 1 N–H and O–H groups in total. The maximum Gasteiger partial charge on any atom is 0.360 e. The maximum absolute atomic E-state index is 11.5. The Bertz CT molecular complexity index is 1460.